The van der Waals surface area contributed by atoms with E-state index in [-0.39, 0.29) is 5.95 Å². The van der Waals surface area contributed by atoms with Crippen molar-refractivity contribution in [1.29, 1.82) is 0 Å². The Morgan fingerprint density at radius 3 is 2.00 bits per heavy atom. The van der Waals surface area contributed by atoms with Gasteiger partial charge in [0.15, 0.2) is 11.5 Å². The molecule has 0 atom stereocenters. The van der Waals surface area contributed by atoms with Crippen LogP contribution in [0.25, 0.3) is 33.6 Å². The summed E-state index contributed by atoms with van der Waals surface area (Å²) in [6, 6.07) is 26.0. The summed E-state index contributed by atoms with van der Waals surface area (Å²) >= 11 is 0. The molecular formula is C24H21N3O2. The molecule has 29 heavy (non-hydrogen) atoms. The number of ether oxygens (including phenoxy) is 2. The zero-order chi connectivity index (χ0) is 20.2. The number of benzene rings is 3. The maximum Gasteiger partial charge on any atom is 0.221 e. The van der Waals surface area contributed by atoms with Crippen LogP contribution in [0, 0.1) is 0 Å². The number of nitrogens with two attached hydrogens (primary N) is 1. The van der Waals surface area contributed by atoms with Crippen molar-refractivity contribution in [3.8, 4) is 45.1 Å². The average Bonchev–Trinajstić information content (AvgIpc) is 2.78. The predicted molar refractivity (Wildman–Crippen MR) is 116 cm³/mol. The zero-order valence-electron chi connectivity index (χ0n) is 16.3. The number of nitrogens with zero attached hydrogens (tertiary/aromatic N) is 2. The van der Waals surface area contributed by atoms with Crippen LogP contribution in [0.4, 0.5) is 5.95 Å². The van der Waals surface area contributed by atoms with E-state index in [2.05, 4.69) is 34.2 Å². The highest BCUT2D eigenvalue weighted by Gasteiger charge is 2.15. The number of aromatic nitrogens is 2. The predicted octanol–water partition coefficient (Wildman–Crippen LogP) is 5.08. The van der Waals surface area contributed by atoms with Gasteiger partial charge >= 0.3 is 0 Å². The third-order valence-corrected chi connectivity index (χ3v) is 4.71. The molecule has 3 aromatic carbocycles. The van der Waals surface area contributed by atoms with Gasteiger partial charge in [-0.25, -0.2) is 9.97 Å². The molecular weight excluding hydrogens is 362 g/mol. The highest BCUT2D eigenvalue weighted by Crippen LogP contribution is 2.38. The first-order chi connectivity index (χ1) is 14.2. The Morgan fingerprint density at radius 2 is 1.31 bits per heavy atom. The van der Waals surface area contributed by atoms with Crippen molar-refractivity contribution >= 4 is 5.95 Å². The molecule has 5 heteroatoms. The van der Waals surface area contributed by atoms with Crippen LogP contribution in [-0.4, -0.2) is 24.2 Å². The smallest absolute Gasteiger partial charge is 0.221 e. The maximum atomic E-state index is 6.02. The molecule has 5 nitrogen and oxygen atoms in total. The van der Waals surface area contributed by atoms with Crippen molar-refractivity contribution in [2.45, 2.75) is 0 Å². The number of hydrogen-bond acceptors (Lipinski definition) is 5. The van der Waals surface area contributed by atoms with Gasteiger partial charge in [-0.3, -0.25) is 0 Å². The Balaban J connectivity index is 1.75. The Labute approximate surface area is 169 Å². The molecule has 4 rings (SSSR count). The van der Waals surface area contributed by atoms with E-state index in [1.165, 1.54) is 5.56 Å². The Kier molecular flexibility index (Phi) is 5.12. The van der Waals surface area contributed by atoms with Gasteiger partial charge in [0.2, 0.25) is 5.95 Å². The Bertz CT molecular complexity index is 1130. The van der Waals surface area contributed by atoms with E-state index >= 15 is 0 Å². The van der Waals surface area contributed by atoms with Crippen LogP contribution in [0.3, 0.4) is 0 Å². The first-order valence-corrected chi connectivity index (χ1v) is 9.21. The third-order valence-electron chi connectivity index (χ3n) is 4.71. The van der Waals surface area contributed by atoms with Crippen LogP contribution < -0.4 is 15.2 Å². The standard InChI is InChI=1S/C24H21N3O2/c1-28-22-10-6-9-19(23(22)29-2)21-15-20(26-24(25)27-21)18-13-11-17(12-14-18)16-7-4-3-5-8-16/h3-15H,1-2H3,(H2,25,26,27). The van der Waals surface area contributed by atoms with Crippen molar-refractivity contribution in [1.82, 2.24) is 9.97 Å². The summed E-state index contributed by atoms with van der Waals surface area (Å²) in [5.41, 5.74) is 11.5. The van der Waals surface area contributed by atoms with Gasteiger partial charge in [-0.2, -0.15) is 0 Å². The van der Waals surface area contributed by atoms with Gasteiger partial charge in [-0.05, 0) is 29.3 Å². The molecule has 0 aliphatic carbocycles. The third kappa shape index (κ3) is 3.75. The van der Waals surface area contributed by atoms with Crippen molar-refractivity contribution in [3.63, 3.8) is 0 Å². The number of nitrogen functional groups attached to an aromatic ring is 1. The van der Waals surface area contributed by atoms with E-state index in [4.69, 9.17) is 15.2 Å². The fourth-order valence-electron chi connectivity index (χ4n) is 3.30. The minimum absolute atomic E-state index is 0.203. The lowest BCUT2D eigenvalue weighted by molar-refractivity contribution is 0.356. The molecule has 1 heterocycles. The van der Waals surface area contributed by atoms with E-state index in [1.54, 1.807) is 14.2 Å². The van der Waals surface area contributed by atoms with Gasteiger partial charge < -0.3 is 15.2 Å². The van der Waals surface area contributed by atoms with Gasteiger partial charge in [-0.15, -0.1) is 0 Å². The topological polar surface area (TPSA) is 70.3 Å². The normalized spacial score (nSPS) is 10.6. The summed E-state index contributed by atoms with van der Waals surface area (Å²) in [5.74, 6) is 1.45. The summed E-state index contributed by atoms with van der Waals surface area (Å²) in [5, 5.41) is 0. The van der Waals surface area contributed by atoms with E-state index in [0.29, 0.717) is 17.2 Å². The number of methoxy groups -OCH3 is 2. The molecule has 0 radical (unpaired) electrons. The lowest BCUT2D eigenvalue weighted by Crippen LogP contribution is -2.00. The fourth-order valence-corrected chi connectivity index (χ4v) is 3.30. The van der Waals surface area contributed by atoms with E-state index in [1.807, 2.05) is 54.6 Å². The summed E-state index contributed by atoms with van der Waals surface area (Å²) < 4.78 is 10.9. The van der Waals surface area contributed by atoms with E-state index in [9.17, 15) is 0 Å². The molecule has 0 spiro atoms. The van der Waals surface area contributed by atoms with Crippen LogP contribution in [0.5, 0.6) is 11.5 Å². The second kappa shape index (κ2) is 8.02. The van der Waals surface area contributed by atoms with Crippen LogP contribution in [0.1, 0.15) is 0 Å². The average molecular weight is 383 g/mol. The Morgan fingerprint density at radius 1 is 0.655 bits per heavy atom. The van der Waals surface area contributed by atoms with Gasteiger partial charge in [0.1, 0.15) is 0 Å². The molecule has 1 aromatic heterocycles. The first kappa shape index (κ1) is 18.5. The quantitative estimate of drug-likeness (QED) is 0.521. The lowest BCUT2D eigenvalue weighted by atomic mass is 10.0. The second-order valence-corrected chi connectivity index (χ2v) is 6.48. The van der Waals surface area contributed by atoms with E-state index < -0.39 is 0 Å². The summed E-state index contributed by atoms with van der Waals surface area (Å²) in [6.07, 6.45) is 0. The molecule has 0 aliphatic rings. The molecule has 0 saturated carbocycles. The van der Waals surface area contributed by atoms with Crippen LogP contribution >= 0.6 is 0 Å². The minimum Gasteiger partial charge on any atom is -0.493 e. The number of hydrogen-bond donors (Lipinski definition) is 1. The van der Waals surface area contributed by atoms with Gasteiger partial charge in [-0.1, -0.05) is 60.7 Å². The van der Waals surface area contributed by atoms with Crippen LogP contribution in [0.15, 0.2) is 78.9 Å². The van der Waals surface area contributed by atoms with Crippen molar-refractivity contribution in [2.24, 2.45) is 0 Å². The molecule has 0 unspecified atom stereocenters. The number of rotatable bonds is 5. The maximum absolute atomic E-state index is 6.02. The second-order valence-electron chi connectivity index (χ2n) is 6.48. The molecule has 0 bridgehead atoms. The lowest BCUT2D eigenvalue weighted by Gasteiger charge is -2.13. The molecule has 0 fully saturated rings. The van der Waals surface area contributed by atoms with Crippen molar-refractivity contribution < 1.29 is 9.47 Å². The fraction of sp³-hybridized carbons (Fsp3) is 0.0833. The van der Waals surface area contributed by atoms with Crippen molar-refractivity contribution in [2.75, 3.05) is 20.0 Å². The monoisotopic (exact) mass is 383 g/mol. The summed E-state index contributed by atoms with van der Waals surface area (Å²) in [6.45, 7) is 0. The van der Waals surface area contributed by atoms with Gasteiger partial charge in [0.05, 0.1) is 25.6 Å². The largest absolute Gasteiger partial charge is 0.493 e. The zero-order valence-corrected chi connectivity index (χ0v) is 16.3. The van der Waals surface area contributed by atoms with Gasteiger partial charge in [0, 0.05) is 11.1 Å². The molecule has 0 amide bonds. The molecule has 0 aliphatic heterocycles. The molecule has 0 saturated heterocycles. The molecule has 4 aromatic rings. The SMILES string of the molecule is COc1cccc(-c2cc(-c3ccc(-c4ccccc4)cc3)nc(N)n2)c1OC. The Hall–Kier alpha value is -3.86. The van der Waals surface area contributed by atoms with E-state index in [0.717, 1.165) is 22.4 Å². The van der Waals surface area contributed by atoms with Crippen molar-refractivity contribution in [3.05, 3.63) is 78.9 Å². The highest BCUT2D eigenvalue weighted by atomic mass is 16.5. The summed E-state index contributed by atoms with van der Waals surface area (Å²) in [4.78, 5) is 8.83. The van der Waals surface area contributed by atoms with Gasteiger partial charge in [0.25, 0.3) is 0 Å². The van der Waals surface area contributed by atoms with Crippen LogP contribution in [-0.2, 0) is 0 Å². The first-order valence-electron chi connectivity index (χ1n) is 9.21. The summed E-state index contributed by atoms with van der Waals surface area (Å²) in [7, 11) is 3.21. The van der Waals surface area contributed by atoms with Crippen LogP contribution in [0.2, 0.25) is 0 Å². The minimum atomic E-state index is 0.203. The number of para-hydroxylation sites is 1. The highest BCUT2D eigenvalue weighted by molar-refractivity contribution is 5.76. The molecule has 2 N–H and O–H groups in total. The number of anilines is 1. The molecule has 144 valence electrons.